The first-order valence-electron chi connectivity index (χ1n) is 7.01. The molecule has 1 aromatic carbocycles. The lowest BCUT2D eigenvalue weighted by Gasteiger charge is -2.27. The summed E-state index contributed by atoms with van der Waals surface area (Å²) in [7, 11) is -3.54. The van der Waals surface area contributed by atoms with Crippen LogP contribution in [-0.4, -0.2) is 40.5 Å². The second kappa shape index (κ2) is 8.47. The zero-order chi connectivity index (χ0) is 15.3. The van der Waals surface area contributed by atoms with Crippen molar-refractivity contribution >= 4 is 28.3 Å². The van der Waals surface area contributed by atoms with Gasteiger partial charge in [-0.25, -0.2) is 13.1 Å². The van der Waals surface area contributed by atoms with Crippen molar-refractivity contribution in [1.82, 2.24) is 15.4 Å². The Bertz CT molecular complexity index is 586. The van der Waals surface area contributed by atoms with Gasteiger partial charge in [-0.1, -0.05) is 17.7 Å². The topological polar surface area (TPSA) is 87.3 Å². The summed E-state index contributed by atoms with van der Waals surface area (Å²) < 4.78 is 26.4. The molecule has 1 aromatic rings. The number of carbonyl (C=O) groups is 1. The van der Waals surface area contributed by atoms with Crippen molar-refractivity contribution in [2.75, 3.05) is 26.2 Å². The smallest absolute Gasteiger partial charge is 0.240 e. The highest BCUT2D eigenvalue weighted by Gasteiger charge is 2.17. The Morgan fingerprint density at radius 3 is 2.45 bits per heavy atom. The lowest BCUT2D eigenvalue weighted by Crippen LogP contribution is -2.48. The van der Waals surface area contributed by atoms with Gasteiger partial charge in [-0.15, -0.1) is 12.4 Å². The van der Waals surface area contributed by atoms with Gasteiger partial charge in [0.2, 0.25) is 15.9 Å². The van der Waals surface area contributed by atoms with Gasteiger partial charge in [-0.05, 0) is 19.1 Å². The molecule has 124 valence electrons. The summed E-state index contributed by atoms with van der Waals surface area (Å²) in [5.74, 6) is 0.367. The molecule has 1 amide bonds. The van der Waals surface area contributed by atoms with Gasteiger partial charge in [0.1, 0.15) is 0 Å². The molecule has 0 atom stereocenters. The quantitative estimate of drug-likeness (QED) is 0.667. The minimum absolute atomic E-state index is 0. The molecule has 0 spiro atoms. The molecule has 1 saturated heterocycles. The summed E-state index contributed by atoms with van der Waals surface area (Å²) in [4.78, 5) is 11.8. The van der Waals surface area contributed by atoms with Crippen molar-refractivity contribution in [3.05, 3.63) is 29.8 Å². The summed E-state index contributed by atoms with van der Waals surface area (Å²) in [6, 6.07) is 6.60. The Kier molecular flexibility index (Phi) is 7.28. The molecule has 1 aliphatic rings. The SMILES string of the molecule is Cc1ccc(S(=O)(=O)NCCC(=O)NCC2CNC2)cc1.Cl. The molecule has 1 heterocycles. The number of amides is 1. The predicted molar refractivity (Wildman–Crippen MR) is 87.6 cm³/mol. The molecule has 0 saturated carbocycles. The Balaban J connectivity index is 0.00000242. The number of hydrogen-bond donors (Lipinski definition) is 3. The minimum Gasteiger partial charge on any atom is -0.356 e. The second-order valence-corrected chi connectivity index (χ2v) is 7.06. The molecule has 2 rings (SSSR count). The van der Waals surface area contributed by atoms with Crippen molar-refractivity contribution in [1.29, 1.82) is 0 Å². The molecule has 8 heteroatoms. The largest absolute Gasteiger partial charge is 0.356 e. The van der Waals surface area contributed by atoms with Crippen LogP contribution in [0, 0.1) is 12.8 Å². The molecule has 22 heavy (non-hydrogen) atoms. The Hall–Kier alpha value is -1.15. The number of hydrogen-bond acceptors (Lipinski definition) is 4. The highest BCUT2D eigenvalue weighted by atomic mass is 35.5. The van der Waals surface area contributed by atoms with E-state index in [1.807, 2.05) is 6.92 Å². The molecule has 6 nitrogen and oxygen atoms in total. The molecule has 0 unspecified atom stereocenters. The Labute approximate surface area is 137 Å². The standard InChI is InChI=1S/C14H21N3O3S.ClH/c1-11-2-4-13(5-3-11)21(19,20)17-7-6-14(18)16-10-12-8-15-9-12;/h2-5,12,15,17H,6-10H2,1H3,(H,16,18);1H. The van der Waals surface area contributed by atoms with Crippen LogP contribution in [0.1, 0.15) is 12.0 Å². The lowest BCUT2D eigenvalue weighted by molar-refractivity contribution is -0.121. The maximum Gasteiger partial charge on any atom is 0.240 e. The fourth-order valence-electron chi connectivity index (χ4n) is 1.94. The lowest BCUT2D eigenvalue weighted by atomic mass is 10.0. The van der Waals surface area contributed by atoms with E-state index < -0.39 is 10.0 Å². The summed E-state index contributed by atoms with van der Waals surface area (Å²) in [5.41, 5.74) is 0.999. The Morgan fingerprint density at radius 2 is 1.91 bits per heavy atom. The predicted octanol–water partition coefficient (Wildman–Crippen LogP) is 0.421. The average Bonchev–Trinajstić information content (AvgIpc) is 2.37. The van der Waals surface area contributed by atoms with Crippen molar-refractivity contribution in [3.63, 3.8) is 0 Å². The molecular weight excluding hydrogens is 326 g/mol. The fourth-order valence-corrected chi connectivity index (χ4v) is 2.97. The monoisotopic (exact) mass is 347 g/mol. The summed E-state index contributed by atoms with van der Waals surface area (Å²) in [6.45, 7) is 4.51. The van der Waals surface area contributed by atoms with E-state index >= 15 is 0 Å². The van der Waals surface area contributed by atoms with Crippen LogP contribution >= 0.6 is 12.4 Å². The second-order valence-electron chi connectivity index (χ2n) is 5.29. The molecular formula is C14H22ClN3O3S. The number of halogens is 1. The van der Waals surface area contributed by atoms with Crippen LogP contribution < -0.4 is 15.4 Å². The summed E-state index contributed by atoms with van der Waals surface area (Å²) in [5, 5.41) is 5.93. The number of carbonyl (C=O) groups excluding carboxylic acids is 1. The highest BCUT2D eigenvalue weighted by Crippen LogP contribution is 2.09. The van der Waals surface area contributed by atoms with Crippen LogP contribution in [0.4, 0.5) is 0 Å². The third-order valence-corrected chi connectivity index (χ3v) is 4.91. The van der Waals surface area contributed by atoms with Crippen molar-refractivity contribution < 1.29 is 13.2 Å². The number of nitrogens with one attached hydrogen (secondary N) is 3. The van der Waals surface area contributed by atoms with Crippen molar-refractivity contribution in [2.24, 2.45) is 5.92 Å². The number of aryl methyl sites for hydroxylation is 1. The van der Waals surface area contributed by atoms with Gasteiger partial charge in [0, 0.05) is 38.5 Å². The van der Waals surface area contributed by atoms with Crippen molar-refractivity contribution in [3.8, 4) is 0 Å². The maximum atomic E-state index is 12.0. The highest BCUT2D eigenvalue weighted by molar-refractivity contribution is 7.89. The third kappa shape index (κ3) is 5.57. The molecule has 0 radical (unpaired) electrons. The number of benzene rings is 1. The zero-order valence-electron chi connectivity index (χ0n) is 12.5. The van der Waals surface area contributed by atoms with E-state index in [2.05, 4.69) is 15.4 Å². The van der Waals surface area contributed by atoms with Gasteiger partial charge in [0.15, 0.2) is 0 Å². The number of sulfonamides is 1. The minimum atomic E-state index is -3.54. The van der Waals surface area contributed by atoms with E-state index in [9.17, 15) is 13.2 Å². The Morgan fingerprint density at radius 1 is 1.27 bits per heavy atom. The molecule has 0 bridgehead atoms. The van der Waals surface area contributed by atoms with Crippen LogP contribution in [-0.2, 0) is 14.8 Å². The van der Waals surface area contributed by atoms with Crippen LogP contribution in [0.3, 0.4) is 0 Å². The van der Waals surface area contributed by atoms with E-state index in [1.54, 1.807) is 24.3 Å². The van der Waals surface area contributed by atoms with E-state index in [4.69, 9.17) is 0 Å². The van der Waals surface area contributed by atoms with Crippen molar-refractivity contribution in [2.45, 2.75) is 18.2 Å². The summed E-state index contributed by atoms with van der Waals surface area (Å²) in [6.07, 6.45) is 0.144. The normalized spacial score (nSPS) is 14.8. The van der Waals surface area contributed by atoms with E-state index in [0.29, 0.717) is 12.5 Å². The first-order chi connectivity index (χ1) is 9.97. The average molecular weight is 348 g/mol. The fraction of sp³-hybridized carbons (Fsp3) is 0.500. The van der Waals surface area contributed by atoms with Gasteiger partial charge in [0.25, 0.3) is 0 Å². The third-order valence-electron chi connectivity index (χ3n) is 3.43. The number of rotatable bonds is 7. The van der Waals surface area contributed by atoms with Crippen LogP contribution in [0.15, 0.2) is 29.2 Å². The van der Waals surface area contributed by atoms with E-state index in [0.717, 1.165) is 18.7 Å². The zero-order valence-corrected chi connectivity index (χ0v) is 14.1. The van der Waals surface area contributed by atoms with E-state index in [-0.39, 0.29) is 36.2 Å². The van der Waals surface area contributed by atoms with Gasteiger partial charge in [-0.3, -0.25) is 4.79 Å². The molecule has 1 aliphatic heterocycles. The molecule has 3 N–H and O–H groups in total. The first-order valence-corrected chi connectivity index (χ1v) is 8.49. The first kappa shape index (κ1) is 18.9. The van der Waals surface area contributed by atoms with Gasteiger partial charge in [0.05, 0.1) is 4.90 Å². The molecule has 0 aromatic heterocycles. The van der Waals surface area contributed by atoms with Crippen LogP contribution in [0.25, 0.3) is 0 Å². The van der Waals surface area contributed by atoms with Gasteiger partial charge >= 0.3 is 0 Å². The van der Waals surface area contributed by atoms with E-state index in [1.165, 1.54) is 0 Å². The molecule has 1 fully saturated rings. The van der Waals surface area contributed by atoms with Crippen LogP contribution in [0.5, 0.6) is 0 Å². The maximum absolute atomic E-state index is 12.0. The van der Waals surface area contributed by atoms with Gasteiger partial charge in [-0.2, -0.15) is 0 Å². The van der Waals surface area contributed by atoms with Crippen LogP contribution in [0.2, 0.25) is 0 Å². The summed E-state index contributed by atoms with van der Waals surface area (Å²) >= 11 is 0. The molecule has 0 aliphatic carbocycles. The van der Waals surface area contributed by atoms with Gasteiger partial charge < -0.3 is 10.6 Å².